The average Bonchev–Trinajstić information content (AvgIpc) is 3.12. The van der Waals surface area contributed by atoms with Gasteiger partial charge in [-0.15, -0.1) is 0 Å². The van der Waals surface area contributed by atoms with Gasteiger partial charge < -0.3 is 9.84 Å². The van der Waals surface area contributed by atoms with Gasteiger partial charge in [0.1, 0.15) is 5.76 Å². The fraction of sp³-hybridized carbons (Fsp3) is 0.231. The third-order valence-electron chi connectivity index (χ3n) is 2.78. The highest BCUT2D eigenvalue weighted by Gasteiger charge is 2.28. The van der Waals surface area contributed by atoms with E-state index in [1.54, 1.807) is 6.07 Å². The summed E-state index contributed by atoms with van der Waals surface area (Å²) in [5.41, 5.74) is 0.737. The van der Waals surface area contributed by atoms with Crippen molar-refractivity contribution in [3.63, 3.8) is 0 Å². The zero-order chi connectivity index (χ0) is 12.4. The Bertz CT molecular complexity index is 546. The molecule has 5 heteroatoms. The molecule has 2 aromatic rings. The van der Waals surface area contributed by atoms with Gasteiger partial charge in [0.2, 0.25) is 0 Å². The zero-order valence-electron chi connectivity index (χ0n) is 9.72. The van der Waals surface area contributed by atoms with Crippen molar-refractivity contribution in [3.05, 3.63) is 42.2 Å². The lowest BCUT2D eigenvalue weighted by Crippen LogP contribution is -2.19. The molecule has 0 atom stereocenters. The molecule has 1 aromatic heterocycles. The van der Waals surface area contributed by atoms with Crippen molar-refractivity contribution in [3.8, 4) is 0 Å². The van der Waals surface area contributed by atoms with Crippen LogP contribution in [0.15, 0.2) is 40.9 Å². The van der Waals surface area contributed by atoms with Gasteiger partial charge >= 0.3 is 6.03 Å². The minimum Gasteiger partial charge on any atom is -0.359 e. The first-order chi connectivity index (χ1) is 8.81. The summed E-state index contributed by atoms with van der Waals surface area (Å²) in [7, 11) is 0. The van der Waals surface area contributed by atoms with Crippen LogP contribution in [0, 0.1) is 0 Å². The van der Waals surface area contributed by atoms with Gasteiger partial charge in [0.15, 0.2) is 5.82 Å². The normalized spacial score (nSPS) is 14.2. The Morgan fingerprint density at radius 2 is 2.00 bits per heavy atom. The van der Waals surface area contributed by atoms with Crippen molar-refractivity contribution in [1.29, 1.82) is 0 Å². The minimum absolute atomic E-state index is 0.322. The van der Waals surface area contributed by atoms with E-state index in [1.165, 1.54) is 0 Å². The number of urea groups is 1. The van der Waals surface area contributed by atoms with Crippen LogP contribution in [0.25, 0.3) is 0 Å². The number of nitrogens with zero attached hydrogens (tertiary/aromatic N) is 1. The van der Waals surface area contributed by atoms with Crippen LogP contribution < -0.4 is 10.6 Å². The maximum atomic E-state index is 11.7. The maximum Gasteiger partial charge on any atom is 0.324 e. The van der Waals surface area contributed by atoms with Crippen LogP contribution in [-0.2, 0) is 0 Å². The molecule has 1 heterocycles. The van der Waals surface area contributed by atoms with Gasteiger partial charge in [-0.2, -0.15) is 0 Å². The Morgan fingerprint density at radius 1 is 1.22 bits per heavy atom. The van der Waals surface area contributed by atoms with Crippen molar-refractivity contribution in [1.82, 2.24) is 5.16 Å². The molecular formula is C13H13N3O2. The number of carbonyl (C=O) groups is 1. The number of hydrogen-bond donors (Lipinski definition) is 2. The topological polar surface area (TPSA) is 67.2 Å². The molecule has 1 fully saturated rings. The van der Waals surface area contributed by atoms with Crippen LogP contribution in [0.3, 0.4) is 0 Å². The number of benzene rings is 1. The van der Waals surface area contributed by atoms with E-state index < -0.39 is 0 Å². The van der Waals surface area contributed by atoms with Crippen molar-refractivity contribution in [2.24, 2.45) is 0 Å². The number of hydrogen-bond acceptors (Lipinski definition) is 3. The van der Waals surface area contributed by atoms with E-state index >= 15 is 0 Å². The Morgan fingerprint density at radius 3 is 2.72 bits per heavy atom. The summed E-state index contributed by atoms with van der Waals surface area (Å²) < 4.78 is 5.15. The molecular weight excluding hydrogens is 230 g/mol. The highest BCUT2D eigenvalue weighted by molar-refractivity contribution is 5.99. The fourth-order valence-corrected chi connectivity index (χ4v) is 1.71. The molecule has 92 valence electrons. The Kier molecular flexibility index (Phi) is 2.72. The van der Waals surface area contributed by atoms with E-state index in [2.05, 4.69) is 15.8 Å². The molecule has 3 rings (SSSR count). The highest BCUT2D eigenvalue weighted by Crippen LogP contribution is 2.40. The van der Waals surface area contributed by atoms with Crippen LogP contribution in [0.4, 0.5) is 16.3 Å². The minimum atomic E-state index is -0.322. The molecule has 1 aromatic carbocycles. The second kappa shape index (κ2) is 4.52. The summed E-state index contributed by atoms with van der Waals surface area (Å²) in [5.74, 6) is 1.79. The van der Waals surface area contributed by atoms with Gasteiger partial charge in [-0.25, -0.2) is 4.79 Å². The van der Waals surface area contributed by atoms with E-state index in [4.69, 9.17) is 4.52 Å². The second-order valence-corrected chi connectivity index (χ2v) is 4.33. The predicted octanol–water partition coefficient (Wildman–Crippen LogP) is 3.20. The highest BCUT2D eigenvalue weighted by atomic mass is 16.5. The number of nitrogens with one attached hydrogen (secondary N) is 2. The predicted molar refractivity (Wildman–Crippen MR) is 67.6 cm³/mol. The van der Waals surface area contributed by atoms with Crippen molar-refractivity contribution >= 4 is 17.5 Å². The van der Waals surface area contributed by atoms with Crippen LogP contribution in [-0.4, -0.2) is 11.2 Å². The summed E-state index contributed by atoms with van der Waals surface area (Å²) in [4.78, 5) is 11.7. The largest absolute Gasteiger partial charge is 0.359 e. The molecule has 0 spiro atoms. The maximum absolute atomic E-state index is 11.7. The molecule has 0 bridgehead atoms. The number of carbonyl (C=O) groups excluding carboxylic acids is 1. The second-order valence-electron chi connectivity index (χ2n) is 4.33. The SMILES string of the molecule is O=C(Nc1ccccc1)Nc1cc(C2CC2)on1. The molecule has 1 aliphatic rings. The van der Waals surface area contributed by atoms with Gasteiger partial charge in [0.05, 0.1) is 0 Å². The zero-order valence-corrected chi connectivity index (χ0v) is 9.72. The van der Waals surface area contributed by atoms with Crippen LogP contribution in [0.1, 0.15) is 24.5 Å². The number of anilines is 2. The number of para-hydroxylation sites is 1. The van der Waals surface area contributed by atoms with Crippen molar-refractivity contribution < 1.29 is 9.32 Å². The number of rotatable bonds is 3. The van der Waals surface area contributed by atoms with Gasteiger partial charge in [-0.3, -0.25) is 5.32 Å². The lowest BCUT2D eigenvalue weighted by Gasteiger charge is -2.04. The van der Waals surface area contributed by atoms with Gasteiger partial charge in [-0.1, -0.05) is 23.4 Å². The van der Waals surface area contributed by atoms with Crippen LogP contribution in [0.5, 0.6) is 0 Å². The van der Waals surface area contributed by atoms with Crippen molar-refractivity contribution in [2.75, 3.05) is 10.6 Å². The fourth-order valence-electron chi connectivity index (χ4n) is 1.71. The lowest BCUT2D eigenvalue weighted by molar-refractivity contribution is 0.262. The Balaban J connectivity index is 1.59. The summed E-state index contributed by atoms with van der Waals surface area (Å²) in [6.07, 6.45) is 2.29. The molecule has 2 N–H and O–H groups in total. The van der Waals surface area contributed by atoms with Gasteiger partial charge in [0.25, 0.3) is 0 Å². The molecule has 1 saturated carbocycles. The first-order valence-corrected chi connectivity index (χ1v) is 5.91. The van der Waals surface area contributed by atoms with Gasteiger partial charge in [0, 0.05) is 17.7 Å². The molecule has 0 radical (unpaired) electrons. The van der Waals surface area contributed by atoms with E-state index in [-0.39, 0.29) is 6.03 Å². The van der Waals surface area contributed by atoms with E-state index in [1.807, 2.05) is 30.3 Å². The summed E-state index contributed by atoms with van der Waals surface area (Å²) in [6.45, 7) is 0. The van der Waals surface area contributed by atoms with E-state index in [0.717, 1.165) is 24.3 Å². The third kappa shape index (κ3) is 2.51. The number of aromatic nitrogens is 1. The molecule has 0 aliphatic heterocycles. The molecule has 5 nitrogen and oxygen atoms in total. The first-order valence-electron chi connectivity index (χ1n) is 5.91. The summed E-state index contributed by atoms with van der Waals surface area (Å²) >= 11 is 0. The van der Waals surface area contributed by atoms with E-state index in [0.29, 0.717) is 11.7 Å². The van der Waals surface area contributed by atoms with Crippen LogP contribution >= 0.6 is 0 Å². The van der Waals surface area contributed by atoms with E-state index in [9.17, 15) is 4.79 Å². The lowest BCUT2D eigenvalue weighted by atomic mass is 10.3. The summed E-state index contributed by atoms with van der Waals surface area (Å²) in [6, 6.07) is 10.7. The quantitative estimate of drug-likeness (QED) is 0.869. The smallest absolute Gasteiger partial charge is 0.324 e. The summed E-state index contributed by atoms with van der Waals surface area (Å²) in [5, 5.41) is 9.16. The molecule has 0 saturated heterocycles. The Hall–Kier alpha value is -2.30. The Labute approximate surface area is 104 Å². The number of amides is 2. The molecule has 0 unspecified atom stereocenters. The molecule has 2 amide bonds. The molecule has 1 aliphatic carbocycles. The van der Waals surface area contributed by atoms with Crippen LogP contribution in [0.2, 0.25) is 0 Å². The first kappa shape index (κ1) is 10.8. The third-order valence-corrected chi connectivity index (χ3v) is 2.78. The average molecular weight is 243 g/mol. The standard InChI is InChI=1S/C13H13N3O2/c17-13(14-10-4-2-1-3-5-10)15-12-8-11(18-16-12)9-6-7-9/h1-5,8-9H,6-7H2,(H2,14,15,16,17). The molecule has 18 heavy (non-hydrogen) atoms. The van der Waals surface area contributed by atoms with Gasteiger partial charge in [-0.05, 0) is 25.0 Å². The van der Waals surface area contributed by atoms with Crippen molar-refractivity contribution in [2.45, 2.75) is 18.8 Å². The monoisotopic (exact) mass is 243 g/mol.